The van der Waals surface area contributed by atoms with Crippen LogP contribution in [0.4, 0.5) is 13.2 Å². The predicted octanol–water partition coefficient (Wildman–Crippen LogP) is 3.02. The van der Waals surface area contributed by atoms with Gasteiger partial charge in [0.2, 0.25) is 0 Å². The number of halogens is 3. The molecule has 2 unspecified atom stereocenters. The molecule has 0 aliphatic heterocycles. The van der Waals surface area contributed by atoms with Crippen molar-refractivity contribution >= 4 is 22.4 Å². The molecule has 130 valence electrons. The number of aromatic nitrogens is 1. The van der Waals surface area contributed by atoms with Crippen LogP contribution < -0.4 is 8.91 Å². The van der Waals surface area contributed by atoms with E-state index in [1.54, 1.807) is 25.3 Å². The molecule has 0 saturated heterocycles. The summed E-state index contributed by atoms with van der Waals surface area (Å²) < 4.78 is 66.7. The summed E-state index contributed by atoms with van der Waals surface area (Å²) in [5.74, 6) is -0.171. The van der Waals surface area contributed by atoms with E-state index in [1.165, 1.54) is 30.5 Å². The Labute approximate surface area is 142 Å². The molecule has 1 N–H and O–H groups in total. The summed E-state index contributed by atoms with van der Waals surface area (Å²) in [7, 11) is 0. The van der Waals surface area contributed by atoms with Gasteiger partial charge in [-0.05, 0) is 36.8 Å². The molecule has 5 nitrogen and oxygen atoms in total. The topological polar surface area (TPSA) is 74.3 Å². The second kappa shape index (κ2) is 7.97. The van der Waals surface area contributed by atoms with Gasteiger partial charge in [0.15, 0.2) is 4.90 Å². The molecule has 1 aromatic carbocycles. The molecule has 0 radical (unpaired) electrons. The van der Waals surface area contributed by atoms with Crippen LogP contribution in [0.2, 0.25) is 0 Å². The van der Waals surface area contributed by atoms with Crippen molar-refractivity contribution in [1.29, 1.82) is 0 Å². The van der Waals surface area contributed by atoms with Gasteiger partial charge in [-0.15, -0.1) is 4.72 Å². The van der Waals surface area contributed by atoms with Gasteiger partial charge in [-0.2, -0.15) is 13.2 Å². The maximum Gasteiger partial charge on any atom is 0.508 e. The molecule has 0 spiro atoms. The molecule has 0 saturated carbocycles. The Morgan fingerprint density at radius 3 is 2.50 bits per heavy atom. The minimum Gasteiger partial charge on any atom is -0.593 e. The van der Waals surface area contributed by atoms with E-state index in [-0.39, 0.29) is 11.8 Å². The molecule has 2 rings (SSSR count). The van der Waals surface area contributed by atoms with Crippen LogP contribution in [0.1, 0.15) is 18.5 Å². The normalized spacial score (nSPS) is 15.5. The molecule has 1 heterocycles. The summed E-state index contributed by atoms with van der Waals surface area (Å²) in [4.78, 5) is 4.38. The van der Waals surface area contributed by atoms with E-state index in [0.717, 1.165) is 0 Å². The second-order valence-corrected chi connectivity index (χ2v) is 6.97. The van der Waals surface area contributed by atoms with Crippen molar-refractivity contribution in [2.75, 3.05) is 0 Å². The molecule has 24 heavy (non-hydrogen) atoms. The zero-order valence-electron chi connectivity index (χ0n) is 12.3. The first-order valence-corrected chi connectivity index (χ1v) is 8.84. The highest BCUT2D eigenvalue weighted by Crippen LogP contribution is 2.25. The van der Waals surface area contributed by atoms with Crippen LogP contribution in [0.15, 0.2) is 53.7 Å². The van der Waals surface area contributed by atoms with Gasteiger partial charge >= 0.3 is 16.6 Å². The average Bonchev–Trinajstić information content (AvgIpc) is 2.55. The number of alkyl halides is 3. The van der Waals surface area contributed by atoms with Crippen molar-refractivity contribution in [2.45, 2.75) is 23.4 Å². The molecule has 0 aliphatic rings. The largest absolute Gasteiger partial charge is 0.593 e. The molecular weight excluding hydrogens is 365 g/mol. The maximum atomic E-state index is 12.2. The van der Waals surface area contributed by atoms with Gasteiger partial charge < -0.3 is 8.74 Å². The number of nitrogens with zero attached hydrogens (tertiary/aromatic N) is 1. The Balaban J connectivity index is 1.98. The van der Waals surface area contributed by atoms with Gasteiger partial charge in [0.1, 0.15) is 5.75 Å². The lowest BCUT2D eigenvalue weighted by molar-refractivity contribution is -0.0437. The Kier molecular flexibility index (Phi) is 6.21. The first-order valence-electron chi connectivity index (χ1n) is 6.62. The van der Waals surface area contributed by atoms with Gasteiger partial charge in [0, 0.05) is 6.20 Å². The number of benzene rings is 1. The van der Waals surface area contributed by atoms with E-state index >= 15 is 0 Å². The van der Waals surface area contributed by atoms with Crippen LogP contribution in [0.3, 0.4) is 0 Å². The zero-order chi connectivity index (χ0) is 17.7. The number of nitrogens with one attached hydrogen (secondary N) is 1. The van der Waals surface area contributed by atoms with Gasteiger partial charge in [0.25, 0.3) is 0 Å². The zero-order valence-corrected chi connectivity index (χ0v) is 14.0. The second-order valence-electron chi connectivity index (χ2n) is 4.63. The van der Waals surface area contributed by atoms with Crippen molar-refractivity contribution in [2.24, 2.45) is 0 Å². The van der Waals surface area contributed by atoms with Crippen LogP contribution in [-0.4, -0.2) is 19.3 Å². The van der Waals surface area contributed by atoms with Gasteiger partial charge in [-0.1, -0.05) is 12.1 Å². The third kappa shape index (κ3) is 5.20. The summed E-state index contributed by atoms with van der Waals surface area (Å²) in [5.41, 5.74) is -4.26. The van der Waals surface area contributed by atoms with Crippen LogP contribution in [0, 0.1) is 0 Å². The predicted molar refractivity (Wildman–Crippen MR) is 83.5 cm³/mol. The van der Waals surface area contributed by atoms with Crippen LogP contribution >= 0.6 is 0 Å². The van der Waals surface area contributed by atoms with Crippen molar-refractivity contribution in [3.63, 3.8) is 0 Å². The SMILES string of the molecule is C[C@@H](N[S+]([O-])c1cccnc1)c1ccc(OS(=O)C(F)(F)F)cc1. The highest BCUT2D eigenvalue weighted by atomic mass is 32.2. The first kappa shape index (κ1) is 18.7. The van der Waals surface area contributed by atoms with E-state index in [0.29, 0.717) is 10.5 Å². The monoisotopic (exact) mass is 378 g/mol. The first-order chi connectivity index (χ1) is 11.3. The molecule has 10 heteroatoms. The minimum atomic E-state index is -4.94. The van der Waals surface area contributed by atoms with Crippen molar-refractivity contribution in [3.8, 4) is 5.75 Å². The number of rotatable bonds is 6. The Bertz CT molecular complexity index is 684. The van der Waals surface area contributed by atoms with E-state index in [2.05, 4.69) is 13.9 Å². The lowest BCUT2D eigenvalue weighted by Crippen LogP contribution is -2.27. The van der Waals surface area contributed by atoms with E-state index in [4.69, 9.17) is 0 Å². The Morgan fingerprint density at radius 2 is 1.96 bits per heavy atom. The summed E-state index contributed by atoms with van der Waals surface area (Å²) in [6, 6.07) is 8.52. The standard InChI is InChI=1S/C14H13F3N2O3S2/c1-10(19-23(20)13-3-2-8-18-9-13)11-4-6-12(7-5-11)22-24(21)14(15,16)17/h2-10,19H,1H3/t10-,23?,24?/m1/s1. The smallest absolute Gasteiger partial charge is 0.508 e. The van der Waals surface area contributed by atoms with Crippen molar-refractivity contribution in [3.05, 3.63) is 54.4 Å². The molecule has 2 aromatic rings. The molecule has 0 fully saturated rings. The molecule has 3 atom stereocenters. The number of hydrogen-bond acceptors (Lipinski definition) is 5. The average molecular weight is 378 g/mol. The van der Waals surface area contributed by atoms with Gasteiger partial charge in [-0.3, -0.25) is 4.98 Å². The van der Waals surface area contributed by atoms with Crippen LogP contribution in [0.25, 0.3) is 0 Å². The lowest BCUT2D eigenvalue weighted by atomic mass is 10.1. The van der Waals surface area contributed by atoms with E-state index < -0.39 is 28.0 Å². The minimum absolute atomic E-state index is 0.171. The van der Waals surface area contributed by atoms with Crippen molar-refractivity contribution in [1.82, 2.24) is 9.71 Å². The third-order valence-electron chi connectivity index (χ3n) is 2.87. The molecule has 1 aromatic heterocycles. The Morgan fingerprint density at radius 1 is 1.29 bits per heavy atom. The fraction of sp³-hybridized carbons (Fsp3) is 0.214. The van der Waals surface area contributed by atoms with Gasteiger partial charge in [-0.25, -0.2) is 4.21 Å². The highest BCUT2D eigenvalue weighted by Gasteiger charge is 2.40. The summed E-state index contributed by atoms with van der Waals surface area (Å²) >= 11 is -4.89. The summed E-state index contributed by atoms with van der Waals surface area (Å²) in [6.07, 6.45) is 3.03. The molecule has 0 bridgehead atoms. The van der Waals surface area contributed by atoms with Crippen LogP contribution in [0.5, 0.6) is 5.75 Å². The van der Waals surface area contributed by atoms with Gasteiger partial charge in [0.05, 0.1) is 23.6 Å². The number of hydrogen-bond donors (Lipinski definition) is 1. The molecular formula is C14H13F3N2O3S2. The highest BCUT2D eigenvalue weighted by molar-refractivity contribution is 7.89. The van der Waals surface area contributed by atoms with Crippen LogP contribution in [-0.2, 0) is 22.4 Å². The fourth-order valence-electron chi connectivity index (χ4n) is 1.70. The number of pyridine rings is 1. The van der Waals surface area contributed by atoms with E-state index in [1.807, 2.05) is 0 Å². The Hall–Kier alpha value is -1.62. The molecule has 0 amide bonds. The maximum absolute atomic E-state index is 12.2. The fourth-order valence-corrected chi connectivity index (χ4v) is 3.03. The lowest BCUT2D eigenvalue weighted by Gasteiger charge is -2.16. The van der Waals surface area contributed by atoms with Crippen molar-refractivity contribution < 1.29 is 26.1 Å². The third-order valence-corrected chi connectivity index (χ3v) is 4.83. The van der Waals surface area contributed by atoms with E-state index in [9.17, 15) is 21.9 Å². The quantitative estimate of drug-likeness (QED) is 0.782. The summed E-state index contributed by atoms with van der Waals surface area (Å²) in [6.45, 7) is 1.75. The summed E-state index contributed by atoms with van der Waals surface area (Å²) in [5, 5.41) is 0. The molecule has 0 aliphatic carbocycles.